The minimum Gasteiger partial charge on any atom is -0.497 e. The Kier molecular flexibility index (Phi) is 4.67. The van der Waals surface area contributed by atoms with E-state index in [-0.39, 0.29) is 17.9 Å². The zero-order chi connectivity index (χ0) is 14.0. The number of alkyl halides is 1. The Labute approximate surface area is 126 Å². The minimum atomic E-state index is -0.463. The first-order valence-corrected chi connectivity index (χ1v) is 7.53. The van der Waals surface area contributed by atoms with Gasteiger partial charge < -0.3 is 14.7 Å². The van der Waals surface area contributed by atoms with Crippen molar-refractivity contribution in [1.29, 1.82) is 0 Å². The third-order valence-electron chi connectivity index (χ3n) is 3.64. The molecule has 104 valence electrons. The average Bonchev–Trinajstić information content (AvgIpc) is 2.80. The third kappa shape index (κ3) is 3.20. The van der Waals surface area contributed by atoms with E-state index in [0.29, 0.717) is 13.0 Å². The molecule has 1 aliphatic heterocycles. The highest BCUT2D eigenvalue weighted by Crippen LogP contribution is 2.31. The summed E-state index contributed by atoms with van der Waals surface area (Å²) in [5.41, 5.74) is 1.08. The maximum absolute atomic E-state index is 12.0. The number of methoxy groups -OCH3 is 1. The van der Waals surface area contributed by atoms with Crippen molar-refractivity contribution in [1.82, 2.24) is 4.90 Å². The van der Waals surface area contributed by atoms with Crippen LogP contribution in [0, 0.1) is 5.92 Å². The Morgan fingerprint density at radius 2 is 2.05 bits per heavy atom. The van der Waals surface area contributed by atoms with Crippen molar-refractivity contribution in [2.75, 3.05) is 13.7 Å². The van der Waals surface area contributed by atoms with Gasteiger partial charge in [0.25, 0.3) is 0 Å². The lowest BCUT2D eigenvalue weighted by Gasteiger charge is -2.25. The van der Waals surface area contributed by atoms with Crippen LogP contribution in [0.3, 0.4) is 0 Å². The molecule has 1 aromatic rings. The van der Waals surface area contributed by atoms with E-state index in [1.165, 1.54) is 0 Å². The number of likely N-dealkylation sites (tertiary alicyclic amines) is 1. The summed E-state index contributed by atoms with van der Waals surface area (Å²) < 4.78 is 4.67. The molecule has 1 heterocycles. The number of benzene rings is 1. The summed E-state index contributed by atoms with van der Waals surface area (Å²) >= 11 is 1.97. The van der Waals surface area contributed by atoms with E-state index in [0.717, 1.165) is 11.3 Å². The van der Waals surface area contributed by atoms with Gasteiger partial charge in [-0.2, -0.15) is 0 Å². The molecule has 1 aliphatic rings. The van der Waals surface area contributed by atoms with Crippen molar-refractivity contribution >= 4 is 28.5 Å². The third-order valence-corrected chi connectivity index (χ3v) is 4.66. The van der Waals surface area contributed by atoms with Gasteiger partial charge >= 0.3 is 0 Å². The molecule has 0 aliphatic carbocycles. The van der Waals surface area contributed by atoms with Crippen molar-refractivity contribution in [3.05, 3.63) is 29.8 Å². The number of nitrogens with zero attached hydrogens (tertiary/aromatic N) is 1. The van der Waals surface area contributed by atoms with Gasteiger partial charge in [0.15, 0.2) is 0 Å². The summed E-state index contributed by atoms with van der Waals surface area (Å²) in [4.78, 5) is 13.9. The van der Waals surface area contributed by atoms with Gasteiger partial charge in [-0.3, -0.25) is 4.79 Å². The summed E-state index contributed by atoms with van der Waals surface area (Å²) in [6, 6.07) is 7.78. The number of ether oxygens (including phenoxy) is 1. The quantitative estimate of drug-likeness (QED) is 0.650. The van der Waals surface area contributed by atoms with E-state index < -0.39 is 4.11 Å². The molecule has 0 spiro atoms. The molecule has 0 bridgehead atoms. The van der Waals surface area contributed by atoms with Gasteiger partial charge in [-0.15, -0.1) is 0 Å². The lowest BCUT2D eigenvalue weighted by molar-refractivity contribution is -0.129. The largest absolute Gasteiger partial charge is 0.497 e. The second-order valence-corrected chi connectivity index (χ2v) is 6.11. The van der Waals surface area contributed by atoms with Crippen LogP contribution in [0.25, 0.3) is 0 Å². The van der Waals surface area contributed by atoms with Crippen molar-refractivity contribution in [3.63, 3.8) is 0 Å². The highest BCUT2D eigenvalue weighted by Gasteiger charge is 2.35. The lowest BCUT2D eigenvalue weighted by atomic mass is 10.1. The fourth-order valence-electron chi connectivity index (χ4n) is 2.38. The minimum absolute atomic E-state index is 0.0264. The van der Waals surface area contributed by atoms with E-state index in [1.807, 2.05) is 58.7 Å². The summed E-state index contributed by atoms with van der Waals surface area (Å²) in [6.07, 6.45) is 0.435. The van der Waals surface area contributed by atoms with Crippen LogP contribution in [0.2, 0.25) is 0 Å². The monoisotopic (exact) mass is 375 g/mol. The first kappa shape index (κ1) is 14.6. The van der Waals surface area contributed by atoms with Crippen LogP contribution < -0.4 is 4.74 Å². The SMILES string of the molecule is COc1ccc([C@H](C)N2C[C@H]([C@H](O)I)CC2=O)cc1. The number of halogens is 1. The van der Waals surface area contributed by atoms with E-state index >= 15 is 0 Å². The highest BCUT2D eigenvalue weighted by molar-refractivity contribution is 14.1. The van der Waals surface area contributed by atoms with Gasteiger partial charge in [-0.1, -0.05) is 34.7 Å². The van der Waals surface area contributed by atoms with E-state index in [1.54, 1.807) is 7.11 Å². The van der Waals surface area contributed by atoms with Crippen molar-refractivity contribution in [2.24, 2.45) is 5.92 Å². The first-order chi connectivity index (χ1) is 9.02. The Morgan fingerprint density at radius 1 is 1.42 bits per heavy atom. The number of hydrogen-bond donors (Lipinski definition) is 1. The molecule has 19 heavy (non-hydrogen) atoms. The fraction of sp³-hybridized carbons (Fsp3) is 0.500. The number of hydrogen-bond acceptors (Lipinski definition) is 3. The maximum Gasteiger partial charge on any atom is 0.223 e. The topological polar surface area (TPSA) is 49.8 Å². The van der Waals surface area contributed by atoms with Gasteiger partial charge in [0, 0.05) is 18.9 Å². The van der Waals surface area contributed by atoms with Crippen LogP contribution in [-0.4, -0.2) is 33.7 Å². The fourth-order valence-corrected chi connectivity index (χ4v) is 2.86. The summed E-state index contributed by atoms with van der Waals surface area (Å²) in [6.45, 7) is 2.64. The number of carbonyl (C=O) groups is 1. The molecule has 1 saturated heterocycles. The zero-order valence-corrected chi connectivity index (χ0v) is 13.2. The maximum atomic E-state index is 12.0. The summed E-state index contributed by atoms with van der Waals surface area (Å²) in [7, 11) is 1.63. The van der Waals surface area contributed by atoms with Crippen molar-refractivity contribution in [3.8, 4) is 5.75 Å². The number of amides is 1. The summed E-state index contributed by atoms with van der Waals surface area (Å²) in [5.74, 6) is 0.960. The molecular weight excluding hydrogens is 357 g/mol. The molecular formula is C14H18INO3. The van der Waals surface area contributed by atoms with Crippen LogP contribution in [0.1, 0.15) is 24.9 Å². The second kappa shape index (κ2) is 6.09. The van der Waals surface area contributed by atoms with Crippen molar-refractivity contribution in [2.45, 2.75) is 23.5 Å². The molecule has 0 saturated carbocycles. The zero-order valence-electron chi connectivity index (χ0n) is 11.0. The van der Waals surface area contributed by atoms with E-state index in [4.69, 9.17) is 4.74 Å². The molecule has 0 aromatic heterocycles. The standard InChI is InChI=1S/C14H18INO3/c1-9(10-3-5-12(19-2)6-4-10)16-8-11(14(15)18)7-13(16)17/h3-6,9,11,14,18H,7-8H2,1-2H3/t9-,11+,14-/m0/s1. The molecule has 2 rings (SSSR count). The number of carbonyl (C=O) groups excluding carboxylic acids is 1. The van der Waals surface area contributed by atoms with Gasteiger partial charge in [-0.05, 0) is 24.6 Å². The summed E-state index contributed by atoms with van der Waals surface area (Å²) in [5, 5.41) is 9.60. The van der Waals surface area contributed by atoms with E-state index in [9.17, 15) is 9.90 Å². The van der Waals surface area contributed by atoms with Gasteiger partial charge in [0.2, 0.25) is 5.91 Å². The number of rotatable bonds is 4. The average molecular weight is 375 g/mol. The number of aliphatic hydroxyl groups excluding tert-OH is 1. The van der Waals surface area contributed by atoms with Crippen LogP contribution in [0.5, 0.6) is 5.75 Å². The number of aliphatic hydroxyl groups is 1. The Morgan fingerprint density at radius 3 is 2.53 bits per heavy atom. The molecule has 1 aromatic carbocycles. The predicted octanol–water partition coefficient (Wildman–Crippen LogP) is 2.36. The van der Waals surface area contributed by atoms with Crippen LogP contribution in [0.4, 0.5) is 0 Å². The molecule has 0 radical (unpaired) electrons. The normalized spacial score (nSPS) is 22.4. The van der Waals surface area contributed by atoms with Gasteiger partial charge in [0.1, 0.15) is 9.86 Å². The Hall–Kier alpha value is -0.820. The van der Waals surface area contributed by atoms with Crippen LogP contribution in [0.15, 0.2) is 24.3 Å². The molecule has 5 heteroatoms. The highest BCUT2D eigenvalue weighted by atomic mass is 127. The molecule has 1 amide bonds. The lowest BCUT2D eigenvalue weighted by Crippen LogP contribution is -2.29. The van der Waals surface area contributed by atoms with Gasteiger partial charge in [0.05, 0.1) is 13.2 Å². The molecule has 3 atom stereocenters. The predicted molar refractivity (Wildman–Crippen MR) is 81.3 cm³/mol. The van der Waals surface area contributed by atoms with Gasteiger partial charge in [-0.25, -0.2) is 0 Å². The molecule has 1 N–H and O–H groups in total. The van der Waals surface area contributed by atoms with E-state index in [2.05, 4.69) is 0 Å². The Balaban J connectivity index is 2.10. The molecule has 4 nitrogen and oxygen atoms in total. The smallest absolute Gasteiger partial charge is 0.223 e. The van der Waals surface area contributed by atoms with Crippen molar-refractivity contribution < 1.29 is 14.6 Å². The molecule has 1 fully saturated rings. The molecule has 0 unspecified atom stereocenters. The second-order valence-electron chi connectivity index (χ2n) is 4.83. The Bertz CT molecular complexity index is 447. The first-order valence-electron chi connectivity index (χ1n) is 6.28. The van der Waals surface area contributed by atoms with Crippen LogP contribution >= 0.6 is 22.6 Å². The van der Waals surface area contributed by atoms with Crippen LogP contribution in [-0.2, 0) is 4.79 Å².